The van der Waals surface area contributed by atoms with Gasteiger partial charge in [0.2, 0.25) is 0 Å². The van der Waals surface area contributed by atoms with Crippen molar-refractivity contribution in [1.29, 1.82) is 0 Å². The fraction of sp³-hybridized carbons (Fsp3) is 0.958. The van der Waals surface area contributed by atoms with Gasteiger partial charge < -0.3 is 14.3 Å². The summed E-state index contributed by atoms with van der Waals surface area (Å²) in [5.41, 5.74) is 2.71. The van der Waals surface area contributed by atoms with Gasteiger partial charge in [-0.1, -0.05) is 104 Å². The van der Waals surface area contributed by atoms with Gasteiger partial charge in [0.25, 0.3) is 0 Å². The maximum atomic E-state index is 11.7. The van der Waals surface area contributed by atoms with Crippen LogP contribution in [-0.2, 0) is 19.1 Å². The van der Waals surface area contributed by atoms with Gasteiger partial charge in [-0.05, 0) is 19.3 Å². The highest BCUT2D eigenvalue weighted by Gasteiger charge is 2.26. The van der Waals surface area contributed by atoms with E-state index in [0.717, 1.165) is 25.7 Å². The molecule has 5 nitrogen and oxygen atoms in total. The number of hydrogen-bond donors (Lipinski definition) is 1. The van der Waals surface area contributed by atoms with Crippen LogP contribution in [0.2, 0.25) is 0 Å². The summed E-state index contributed by atoms with van der Waals surface area (Å²) in [4.78, 5) is 16.8. The van der Waals surface area contributed by atoms with Crippen molar-refractivity contribution < 1.29 is 19.1 Å². The molecule has 2 atom stereocenters. The molecule has 1 rings (SSSR count). The fourth-order valence-electron chi connectivity index (χ4n) is 3.70. The van der Waals surface area contributed by atoms with Gasteiger partial charge in [0.05, 0.1) is 6.61 Å². The first kappa shape index (κ1) is 26.4. The summed E-state index contributed by atoms with van der Waals surface area (Å²) in [6.45, 7) is 4.89. The topological polar surface area (TPSA) is 56.8 Å². The monoisotopic (exact) mass is 413 g/mol. The van der Waals surface area contributed by atoms with Crippen LogP contribution in [0.5, 0.6) is 0 Å². The maximum absolute atomic E-state index is 11.7. The van der Waals surface area contributed by atoms with E-state index < -0.39 is 0 Å². The van der Waals surface area contributed by atoms with E-state index in [0.29, 0.717) is 13.0 Å². The van der Waals surface area contributed by atoms with Crippen LogP contribution in [0.15, 0.2) is 0 Å². The second-order valence-electron chi connectivity index (χ2n) is 8.47. The minimum Gasteiger partial charge on any atom is -0.368 e. The molecule has 29 heavy (non-hydrogen) atoms. The Kier molecular flexibility index (Phi) is 17.6. The van der Waals surface area contributed by atoms with Gasteiger partial charge in [0.1, 0.15) is 0 Å². The Labute approximate surface area is 179 Å². The zero-order valence-electron chi connectivity index (χ0n) is 19.2. The van der Waals surface area contributed by atoms with Crippen molar-refractivity contribution in [3.63, 3.8) is 0 Å². The van der Waals surface area contributed by atoms with Crippen molar-refractivity contribution in [2.75, 3.05) is 6.61 Å². The molecule has 1 aliphatic rings. The molecule has 1 N–H and O–H groups in total. The molecule has 2 unspecified atom stereocenters. The van der Waals surface area contributed by atoms with E-state index in [-0.39, 0.29) is 18.5 Å². The lowest BCUT2D eigenvalue weighted by atomic mass is 10.1. The Morgan fingerprint density at radius 2 is 1.31 bits per heavy atom. The normalized spacial score (nSPS) is 19.0. The molecule has 0 bridgehead atoms. The van der Waals surface area contributed by atoms with E-state index in [2.05, 4.69) is 19.3 Å². The van der Waals surface area contributed by atoms with Crippen molar-refractivity contribution in [3.8, 4) is 0 Å². The molecular weight excluding hydrogens is 366 g/mol. The Hall–Kier alpha value is -0.650. The van der Waals surface area contributed by atoms with Crippen LogP contribution in [0.25, 0.3) is 0 Å². The molecule has 0 saturated carbocycles. The zero-order valence-corrected chi connectivity index (χ0v) is 19.2. The summed E-state index contributed by atoms with van der Waals surface area (Å²) in [5.74, 6) is -0.209. The van der Waals surface area contributed by atoms with Crippen LogP contribution >= 0.6 is 0 Å². The predicted molar refractivity (Wildman–Crippen MR) is 118 cm³/mol. The highest BCUT2D eigenvalue weighted by atomic mass is 16.8. The van der Waals surface area contributed by atoms with Crippen LogP contribution in [0, 0.1) is 0 Å². The number of carbonyl (C=O) groups excluding carboxylic acids is 1. The van der Waals surface area contributed by atoms with Gasteiger partial charge in [-0.2, -0.15) is 0 Å². The van der Waals surface area contributed by atoms with Gasteiger partial charge in [-0.25, -0.2) is 0 Å². The number of unbranched alkanes of at least 4 members (excludes halogenated alkanes) is 14. The van der Waals surface area contributed by atoms with Crippen LogP contribution in [0.1, 0.15) is 129 Å². The smallest absolute Gasteiger partial charge is 0.324 e. The molecule has 0 amide bonds. The molecule has 1 heterocycles. The lowest BCUT2D eigenvalue weighted by molar-refractivity contribution is -0.163. The van der Waals surface area contributed by atoms with Crippen molar-refractivity contribution >= 4 is 5.97 Å². The number of ether oxygens (including phenoxy) is 2. The molecule has 1 aliphatic heterocycles. The molecule has 0 aromatic rings. The predicted octanol–water partition coefficient (Wildman–Crippen LogP) is 6.79. The number of rotatable bonds is 20. The summed E-state index contributed by atoms with van der Waals surface area (Å²) in [5, 5.41) is 0. The van der Waals surface area contributed by atoms with Gasteiger partial charge in [0, 0.05) is 6.42 Å². The summed E-state index contributed by atoms with van der Waals surface area (Å²) in [7, 11) is 0. The number of hydroxylamine groups is 1. The van der Waals surface area contributed by atoms with Crippen molar-refractivity contribution in [1.82, 2.24) is 5.48 Å². The first-order chi connectivity index (χ1) is 14.3. The Morgan fingerprint density at radius 3 is 1.90 bits per heavy atom. The minimum absolute atomic E-state index is 0.168. The minimum atomic E-state index is -0.336. The van der Waals surface area contributed by atoms with Crippen LogP contribution < -0.4 is 5.48 Å². The van der Waals surface area contributed by atoms with Gasteiger partial charge in [-0.3, -0.25) is 4.79 Å². The van der Waals surface area contributed by atoms with Crippen LogP contribution in [-0.4, -0.2) is 25.1 Å². The molecule has 0 aromatic heterocycles. The molecule has 172 valence electrons. The highest BCUT2D eigenvalue weighted by Crippen LogP contribution is 2.18. The van der Waals surface area contributed by atoms with E-state index in [1.807, 2.05) is 0 Å². The lowest BCUT2D eigenvalue weighted by Gasteiger charge is -2.12. The van der Waals surface area contributed by atoms with Crippen molar-refractivity contribution in [2.45, 2.75) is 142 Å². The second-order valence-corrected chi connectivity index (χ2v) is 8.47. The van der Waals surface area contributed by atoms with E-state index in [1.54, 1.807) is 0 Å². The lowest BCUT2D eigenvalue weighted by Crippen LogP contribution is -2.33. The van der Waals surface area contributed by atoms with Crippen molar-refractivity contribution in [2.24, 2.45) is 0 Å². The third kappa shape index (κ3) is 15.8. The van der Waals surface area contributed by atoms with Crippen LogP contribution in [0.3, 0.4) is 0 Å². The first-order valence-electron chi connectivity index (χ1n) is 12.5. The zero-order chi connectivity index (χ0) is 21.0. The maximum Gasteiger partial charge on any atom is 0.324 e. The summed E-state index contributed by atoms with van der Waals surface area (Å²) >= 11 is 0. The van der Waals surface area contributed by atoms with E-state index in [9.17, 15) is 4.79 Å². The molecule has 0 aromatic carbocycles. The van der Waals surface area contributed by atoms with E-state index in [4.69, 9.17) is 14.3 Å². The average molecular weight is 414 g/mol. The van der Waals surface area contributed by atoms with Gasteiger partial charge in [0.15, 0.2) is 12.5 Å². The largest absolute Gasteiger partial charge is 0.368 e. The van der Waals surface area contributed by atoms with E-state index >= 15 is 0 Å². The number of nitrogens with one attached hydrogen (secondary N) is 1. The molecule has 0 spiro atoms. The SMILES string of the molecule is CCCCCCCCCCCCCC1OCC(NOC(=O)CCCCCCC)O1. The standard InChI is InChI=1S/C24H47NO4/c1-3-5-7-9-10-11-12-13-14-16-18-20-24-27-21-22(28-24)25-29-23(26)19-17-15-8-6-4-2/h22,24-25H,3-21H2,1-2H3. The van der Waals surface area contributed by atoms with Crippen LogP contribution in [0.4, 0.5) is 0 Å². The van der Waals surface area contributed by atoms with Crippen molar-refractivity contribution in [3.05, 3.63) is 0 Å². The van der Waals surface area contributed by atoms with E-state index in [1.165, 1.54) is 83.5 Å². The van der Waals surface area contributed by atoms with Gasteiger partial charge in [-0.15, -0.1) is 5.48 Å². The molecule has 1 fully saturated rings. The number of carbonyl (C=O) groups is 1. The highest BCUT2D eigenvalue weighted by molar-refractivity contribution is 5.68. The summed E-state index contributed by atoms with van der Waals surface area (Å²) < 4.78 is 11.4. The Bertz CT molecular complexity index is 378. The second kappa shape index (κ2) is 19.3. The molecule has 0 radical (unpaired) electrons. The molecule has 5 heteroatoms. The molecular formula is C24H47NO4. The quantitative estimate of drug-likeness (QED) is 0.176. The summed E-state index contributed by atoms with van der Waals surface area (Å²) in [6.07, 6.45) is 21.2. The Morgan fingerprint density at radius 1 is 0.793 bits per heavy atom. The average Bonchev–Trinajstić information content (AvgIpc) is 3.18. The molecule has 1 saturated heterocycles. The third-order valence-electron chi connectivity index (χ3n) is 5.58. The first-order valence-corrected chi connectivity index (χ1v) is 12.5. The van der Waals surface area contributed by atoms with Gasteiger partial charge >= 0.3 is 5.97 Å². The third-order valence-corrected chi connectivity index (χ3v) is 5.58. The summed E-state index contributed by atoms with van der Waals surface area (Å²) in [6, 6.07) is 0. The molecule has 0 aliphatic carbocycles. The Balaban J connectivity index is 1.87. The fourth-order valence-corrected chi connectivity index (χ4v) is 3.70. The number of hydrogen-bond acceptors (Lipinski definition) is 5.